The topological polar surface area (TPSA) is 46.2 Å². The quantitative estimate of drug-likeness (QED) is 0.751. The Labute approximate surface area is 83.3 Å². The smallest absolute Gasteiger partial charge is 0.387 e. The molecule has 0 heterocycles. The number of nitrogens with two attached hydrogens (primary N) is 1. The lowest BCUT2D eigenvalue weighted by atomic mass is 10.1. The molecule has 1 atom stereocenters. The molecule has 0 spiro atoms. The van der Waals surface area contributed by atoms with Crippen molar-refractivity contribution < 1.29 is 22.7 Å². The Bertz CT molecular complexity index is 350. The number of alkyl halides is 3. The van der Waals surface area contributed by atoms with Crippen LogP contribution in [0.1, 0.15) is 17.2 Å². The minimum absolute atomic E-state index is 0.231. The number of aliphatic hydroxyl groups excluding tert-OH is 1. The Morgan fingerprint density at radius 1 is 1.33 bits per heavy atom. The van der Waals surface area contributed by atoms with Gasteiger partial charge in [0.05, 0.1) is 11.7 Å². The van der Waals surface area contributed by atoms with Crippen LogP contribution in [0, 0.1) is 5.82 Å². The fourth-order valence-electron chi connectivity index (χ4n) is 1.10. The van der Waals surface area contributed by atoms with Crippen molar-refractivity contribution in [2.24, 2.45) is 5.73 Å². The van der Waals surface area contributed by atoms with E-state index in [1.54, 1.807) is 0 Å². The molecule has 1 aromatic carbocycles. The summed E-state index contributed by atoms with van der Waals surface area (Å²) in [6.45, 7) is -0.248. The van der Waals surface area contributed by atoms with Gasteiger partial charge in [-0.05, 0) is 12.1 Å². The van der Waals surface area contributed by atoms with E-state index in [9.17, 15) is 17.6 Å². The van der Waals surface area contributed by atoms with Gasteiger partial charge in [0, 0.05) is 12.1 Å². The Balaban J connectivity index is 3.09. The molecule has 1 aromatic rings. The van der Waals surface area contributed by atoms with Crippen LogP contribution in [0.25, 0.3) is 0 Å². The zero-order valence-electron chi connectivity index (χ0n) is 7.55. The van der Waals surface area contributed by atoms with Crippen molar-refractivity contribution >= 4 is 0 Å². The minimum Gasteiger partial charge on any atom is -0.387 e. The van der Waals surface area contributed by atoms with Crippen LogP contribution in [-0.2, 0) is 6.18 Å². The van der Waals surface area contributed by atoms with Crippen LogP contribution >= 0.6 is 0 Å². The van der Waals surface area contributed by atoms with Crippen LogP contribution < -0.4 is 5.73 Å². The standard InChI is InChI=1S/C9H9F4NO/c10-7-3-5(9(11,12)13)1-2-6(7)8(15)4-14/h1-3,8,15H,4,14H2/t8-/m1/s1. The molecule has 2 nitrogen and oxygen atoms in total. The van der Waals surface area contributed by atoms with Gasteiger partial charge in [0.25, 0.3) is 0 Å². The van der Waals surface area contributed by atoms with E-state index >= 15 is 0 Å². The number of hydrogen-bond acceptors (Lipinski definition) is 2. The average Bonchev–Trinajstić information content (AvgIpc) is 2.15. The SMILES string of the molecule is NC[C@@H](O)c1ccc(C(F)(F)F)cc1F. The molecule has 0 saturated heterocycles. The maximum absolute atomic E-state index is 13.1. The first-order valence-electron chi connectivity index (χ1n) is 4.11. The maximum Gasteiger partial charge on any atom is 0.416 e. The van der Waals surface area contributed by atoms with E-state index in [-0.39, 0.29) is 12.1 Å². The highest BCUT2D eigenvalue weighted by atomic mass is 19.4. The third kappa shape index (κ3) is 2.66. The van der Waals surface area contributed by atoms with Crippen molar-refractivity contribution in [1.29, 1.82) is 0 Å². The Morgan fingerprint density at radius 2 is 1.93 bits per heavy atom. The summed E-state index contributed by atoms with van der Waals surface area (Å²) in [6, 6.07) is 1.93. The van der Waals surface area contributed by atoms with Gasteiger partial charge in [-0.1, -0.05) is 6.07 Å². The first-order valence-corrected chi connectivity index (χ1v) is 4.11. The van der Waals surface area contributed by atoms with Crippen molar-refractivity contribution in [1.82, 2.24) is 0 Å². The van der Waals surface area contributed by atoms with Crippen LogP contribution in [0.5, 0.6) is 0 Å². The Hall–Kier alpha value is -1.14. The first kappa shape index (κ1) is 11.9. The molecule has 6 heteroatoms. The number of halogens is 4. The fraction of sp³-hybridized carbons (Fsp3) is 0.333. The van der Waals surface area contributed by atoms with Crippen LogP contribution in [0.2, 0.25) is 0 Å². The average molecular weight is 223 g/mol. The van der Waals surface area contributed by atoms with Gasteiger partial charge in [0.15, 0.2) is 0 Å². The number of aliphatic hydroxyl groups is 1. The Kier molecular flexibility index (Phi) is 3.31. The third-order valence-corrected chi connectivity index (χ3v) is 1.91. The van der Waals surface area contributed by atoms with Gasteiger partial charge in [0.1, 0.15) is 5.82 Å². The van der Waals surface area contributed by atoms with Crippen molar-refractivity contribution in [2.75, 3.05) is 6.54 Å². The highest BCUT2D eigenvalue weighted by Crippen LogP contribution is 2.31. The summed E-state index contributed by atoms with van der Waals surface area (Å²) >= 11 is 0. The molecular formula is C9H9F4NO. The van der Waals surface area contributed by atoms with Gasteiger partial charge >= 0.3 is 6.18 Å². The first-order chi connectivity index (χ1) is 6.86. The van der Waals surface area contributed by atoms with E-state index in [0.29, 0.717) is 12.1 Å². The fourth-order valence-corrected chi connectivity index (χ4v) is 1.10. The van der Waals surface area contributed by atoms with E-state index in [4.69, 9.17) is 10.8 Å². The van der Waals surface area contributed by atoms with E-state index in [1.165, 1.54) is 0 Å². The molecule has 0 saturated carbocycles. The molecule has 84 valence electrons. The molecule has 15 heavy (non-hydrogen) atoms. The highest BCUT2D eigenvalue weighted by Gasteiger charge is 2.31. The molecule has 1 rings (SSSR count). The molecule has 3 N–H and O–H groups in total. The molecule has 0 aliphatic rings. The third-order valence-electron chi connectivity index (χ3n) is 1.91. The second-order valence-corrected chi connectivity index (χ2v) is 2.99. The zero-order valence-corrected chi connectivity index (χ0v) is 7.55. The summed E-state index contributed by atoms with van der Waals surface area (Å²) in [6.07, 6.45) is -5.88. The molecule has 0 radical (unpaired) electrons. The zero-order chi connectivity index (χ0) is 11.6. The number of benzene rings is 1. The lowest BCUT2D eigenvalue weighted by Crippen LogP contribution is -2.14. The highest BCUT2D eigenvalue weighted by molar-refractivity contribution is 5.27. The molecule has 0 amide bonds. The molecule has 0 unspecified atom stereocenters. The van der Waals surface area contributed by atoms with Crippen LogP contribution in [-0.4, -0.2) is 11.7 Å². The summed E-state index contributed by atoms with van der Waals surface area (Å²) in [7, 11) is 0. The molecular weight excluding hydrogens is 214 g/mol. The van der Waals surface area contributed by atoms with Gasteiger partial charge in [-0.15, -0.1) is 0 Å². The van der Waals surface area contributed by atoms with Crippen molar-refractivity contribution in [3.63, 3.8) is 0 Å². The number of hydrogen-bond donors (Lipinski definition) is 2. The van der Waals surface area contributed by atoms with Gasteiger partial charge < -0.3 is 10.8 Å². The molecule has 0 bridgehead atoms. The van der Waals surface area contributed by atoms with Crippen LogP contribution in [0.3, 0.4) is 0 Å². The lowest BCUT2D eigenvalue weighted by molar-refractivity contribution is -0.137. The van der Waals surface area contributed by atoms with Gasteiger partial charge in [0.2, 0.25) is 0 Å². The van der Waals surface area contributed by atoms with E-state index in [0.717, 1.165) is 6.07 Å². The van der Waals surface area contributed by atoms with Gasteiger partial charge in [-0.25, -0.2) is 4.39 Å². The Morgan fingerprint density at radius 3 is 2.33 bits per heavy atom. The van der Waals surface area contributed by atoms with Crippen molar-refractivity contribution in [3.8, 4) is 0 Å². The second kappa shape index (κ2) is 4.16. The summed E-state index contributed by atoms with van der Waals surface area (Å²) in [5.74, 6) is -1.11. The van der Waals surface area contributed by atoms with Crippen LogP contribution in [0.15, 0.2) is 18.2 Å². The molecule has 0 aliphatic heterocycles. The summed E-state index contributed by atoms with van der Waals surface area (Å²) in [5, 5.41) is 9.16. The predicted octanol–water partition coefficient (Wildman–Crippen LogP) is 1.84. The van der Waals surface area contributed by atoms with Gasteiger partial charge in [-0.2, -0.15) is 13.2 Å². The van der Waals surface area contributed by atoms with Crippen LogP contribution in [0.4, 0.5) is 17.6 Å². The maximum atomic E-state index is 13.1. The predicted molar refractivity (Wildman–Crippen MR) is 45.4 cm³/mol. The van der Waals surface area contributed by atoms with E-state index in [2.05, 4.69) is 0 Å². The summed E-state index contributed by atoms with van der Waals surface area (Å²) in [5.41, 5.74) is 3.74. The summed E-state index contributed by atoms with van der Waals surface area (Å²) in [4.78, 5) is 0. The lowest BCUT2D eigenvalue weighted by Gasteiger charge is -2.12. The molecule has 0 aliphatic carbocycles. The summed E-state index contributed by atoms with van der Waals surface area (Å²) < 4.78 is 49.5. The number of rotatable bonds is 2. The molecule has 0 fully saturated rings. The second-order valence-electron chi connectivity index (χ2n) is 2.99. The van der Waals surface area contributed by atoms with Crippen molar-refractivity contribution in [2.45, 2.75) is 12.3 Å². The van der Waals surface area contributed by atoms with Crippen molar-refractivity contribution in [3.05, 3.63) is 35.1 Å². The molecule has 0 aromatic heterocycles. The van der Waals surface area contributed by atoms with E-state index in [1.807, 2.05) is 0 Å². The normalized spacial score (nSPS) is 14.0. The van der Waals surface area contributed by atoms with E-state index < -0.39 is 23.7 Å². The minimum atomic E-state index is -4.59. The van der Waals surface area contributed by atoms with Gasteiger partial charge in [-0.3, -0.25) is 0 Å². The monoisotopic (exact) mass is 223 g/mol. The largest absolute Gasteiger partial charge is 0.416 e.